The highest BCUT2D eigenvalue weighted by Gasteiger charge is 2.36. The Balaban J connectivity index is 3.45. The average molecular weight is 265 g/mol. The van der Waals surface area contributed by atoms with Crippen molar-refractivity contribution in [3.05, 3.63) is 27.8 Å². The second kappa shape index (κ2) is 5.19. The molecule has 1 aromatic rings. The first-order valence-electron chi connectivity index (χ1n) is 5.18. The van der Waals surface area contributed by atoms with Crippen LogP contribution in [0.5, 0.6) is 5.75 Å². The van der Waals surface area contributed by atoms with Crippen LogP contribution in [-0.4, -0.2) is 18.8 Å². The van der Waals surface area contributed by atoms with Gasteiger partial charge in [-0.25, -0.2) is 8.78 Å². The molecule has 0 aromatic heterocycles. The van der Waals surface area contributed by atoms with Crippen LogP contribution in [0.2, 0.25) is 5.02 Å². The van der Waals surface area contributed by atoms with Gasteiger partial charge in [-0.1, -0.05) is 11.6 Å². The fraction of sp³-hybridized carbons (Fsp3) is 0.500. The van der Waals surface area contributed by atoms with Crippen molar-refractivity contribution >= 4 is 11.6 Å². The molecular formula is C12H15ClF2O2. The summed E-state index contributed by atoms with van der Waals surface area (Å²) < 4.78 is 32.7. The molecule has 0 spiro atoms. The zero-order chi connectivity index (χ0) is 13.2. The van der Waals surface area contributed by atoms with Crippen LogP contribution in [0, 0.1) is 13.8 Å². The van der Waals surface area contributed by atoms with Crippen molar-refractivity contribution in [3.8, 4) is 5.75 Å². The van der Waals surface area contributed by atoms with E-state index < -0.39 is 19.0 Å². The number of methoxy groups -OCH3 is 1. The van der Waals surface area contributed by atoms with Gasteiger partial charge in [0.15, 0.2) is 0 Å². The van der Waals surface area contributed by atoms with Crippen molar-refractivity contribution in [2.24, 2.45) is 0 Å². The molecule has 5 heteroatoms. The van der Waals surface area contributed by atoms with Gasteiger partial charge in [0.05, 0.1) is 12.7 Å². The van der Waals surface area contributed by atoms with Gasteiger partial charge in [-0.05, 0) is 31.0 Å². The normalized spacial score (nSPS) is 11.7. The Morgan fingerprint density at radius 3 is 2.47 bits per heavy atom. The number of aliphatic hydroxyl groups is 1. The van der Waals surface area contributed by atoms with E-state index in [4.69, 9.17) is 21.4 Å². The molecule has 96 valence electrons. The number of benzene rings is 1. The van der Waals surface area contributed by atoms with E-state index in [1.165, 1.54) is 20.1 Å². The first-order valence-corrected chi connectivity index (χ1v) is 5.55. The molecule has 0 unspecified atom stereocenters. The third kappa shape index (κ3) is 2.69. The van der Waals surface area contributed by atoms with Crippen molar-refractivity contribution in [1.29, 1.82) is 0 Å². The van der Waals surface area contributed by atoms with Crippen LogP contribution in [0.4, 0.5) is 8.78 Å². The van der Waals surface area contributed by atoms with Crippen molar-refractivity contribution in [2.45, 2.75) is 26.2 Å². The van der Waals surface area contributed by atoms with E-state index in [9.17, 15) is 8.78 Å². The minimum Gasteiger partial charge on any atom is -0.496 e. The lowest BCUT2D eigenvalue weighted by Gasteiger charge is -2.22. The molecule has 0 bridgehead atoms. The van der Waals surface area contributed by atoms with Crippen molar-refractivity contribution in [3.63, 3.8) is 0 Å². The number of hydrogen-bond acceptors (Lipinski definition) is 2. The lowest BCUT2D eigenvalue weighted by molar-refractivity contribution is -0.0293. The van der Waals surface area contributed by atoms with Gasteiger partial charge in [0.2, 0.25) is 0 Å². The van der Waals surface area contributed by atoms with Crippen molar-refractivity contribution in [2.75, 3.05) is 13.7 Å². The first kappa shape index (κ1) is 14.2. The summed E-state index contributed by atoms with van der Waals surface area (Å²) in [5.74, 6) is -3.05. The number of aryl methyl sites for hydroxylation is 1. The summed E-state index contributed by atoms with van der Waals surface area (Å²) in [5.41, 5.74) is 0.733. The number of hydrogen-bond donors (Lipinski definition) is 1. The van der Waals surface area contributed by atoms with E-state index in [0.29, 0.717) is 16.1 Å². The fourth-order valence-corrected chi connectivity index (χ4v) is 1.95. The molecule has 2 nitrogen and oxygen atoms in total. The maximum absolute atomic E-state index is 13.9. The van der Waals surface area contributed by atoms with Gasteiger partial charge in [0.1, 0.15) is 5.75 Å². The summed E-state index contributed by atoms with van der Waals surface area (Å²) in [5, 5.41) is 8.99. The van der Waals surface area contributed by atoms with Gasteiger partial charge in [-0.15, -0.1) is 0 Å². The van der Waals surface area contributed by atoms with Crippen LogP contribution in [-0.2, 0) is 5.92 Å². The Kier molecular flexibility index (Phi) is 4.33. The van der Waals surface area contributed by atoms with E-state index in [1.54, 1.807) is 6.92 Å². The Morgan fingerprint density at radius 1 is 1.41 bits per heavy atom. The third-order valence-electron chi connectivity index (χ3n) is 2.66. The third-order valence-corrected chi connectivity index (χ3v) is 3.24. The molecule has 0 radical (unpaired) electrons. The number of rotatable bonds is 4. The average Bonchev–Trinajstić information content (AvgIpc) is 2.24. The summed E-state index contributed by atoms with van der Waals surface area (Å²) in [7, 11) is 1.33. The van der Waals surface area contributed by atoms with E-state index >= 15 is 0 Å². The van der Waals surface area contributed by atoms with E-state index in [0.717, 1.165) is 0 Å². The van der Waals surface area contributed by atoms with Gasteiger partial charge in [-0.3, -0.25) is 0 Å². The maximum atomic E-state index is 13.9. The molecule has 0 fully saturated rings. The Bertz CT molecular complexity index is 419. The van der Waals surface area contributed by atoms with Crippen LogP contribution in [0.25, 0.3) is 0 Å². The Morgan fingerprint density at radius 2 is 2.00 bits per heavy atom. The summed E-state index contributed by atoms with van der Waals surface area (Å²) in [6, 6.07) is 1.48. The fourth-order valence-electron chi connectivity index (χ4n) is 1.80. The van der Waals surface area contributed by atoms with Crippen LogP contribution in [0.15, 0.2) is 6.07 Å². The zero-order valence-electron chi connectivity index (χ0n) is 9.98. The van der Waals surface area contributed by atoms with Crippen LogP contribution in [0.3, 0.4) is 0 Å². The first-order chi connectivity index (χ1) is 7.85. The topological polar surface area (TPSA) is 29.5 Å². The molecule has 0 aliphatic rings. The predicted octanol–water partition coefficient (Wildman–Crippen LogP) is 3.44. The lowest BCUT2D eigenvalue weighted by Crippen LogP contribution is -2.18. The predicted molar refractivity (Wildman–Crippen MR) is 63.1 cm³/mol. The van der Waals surface area contributed by atoms with Crippen molar-refractivity contribution in [1.82, 2.24) is 0 Å². The van der Waals surface area contributed by atoms with Gasteiger partial charge in [0.25, 0.3) is 5.92 Å². The molecule has 0 saturated carbocycles. The summed E-state index contributed by atoms with van der Waals surface area (Å²) in [6.45, 7) is 2.66. The van der Waals surface area contributed by atoms with Gasteiger partial charge >= 0.3 is 0 Å². The number of alkyl halides is 2. The molecule has 0 aliphatic carbocycles. The molecule has 0 heterocycles. The van der Waals surface area contributed by atoms with Crippen LogP contribution in [0.1, 0.15) is 23.1 Å². The van der Waals surface area contributed by atoms with Gasteiger partial charge in [-0.2, -0.15) is 0 Å². The van der Waals surface area contributed by atoms with Crippen LogP contribution < -0.4 is 4.74 Å². The quantitative estimate of drug-likeness (QED) is 0.903. The molecular weight excluding hydrogens is 250 g/mol. The van der Waals surface area contributed by atoms with Gasteiger partial charge in [0, 0.05) is 18.1 Å². The zero-order valence-corrected chi connectivity index (χ0v) is 10.7. The standard InChI is InChI=1S/C12H15ClF2O2/c1-7-6-9(17-3)10(8(2)11(7)13)12(14,15)4-5-16/h6,16H,4-5H2,1-3H3. The SMILES string of the molecule is COc1cc(C)c(Cl)c(C)c1C(F)(F)CCO. The second-order valence-corrected chi connectivity index (χ2v) is 4.27. The van der Waals surface area contributed by atoms with Crippen LogP contribution >= 0.6 is 11.6 Å². The number of ether oxygens (including phenoxy) is 1. The molecule has 1 rings (SSSR count). The van der Waals surface area contributed by atoms with E-state index in [-0.39, 0.29) is 11.3 Å². The Hall–Kier alpha value is -0.870. The highest BCUT2D eigenvalue weighted by molar-refractivity contribution is 6.32. The summed E-state index contributed by atoms with van der Waals surface area (Å²) in [6.07, 6.45) is -0.649. The van der Waals surface area contributed by atoms with Crippen molar-refractivity contribution < 1.29 is 18.6 Å². The smallest absolute Gasteiger partial charge is 0.279 e. The maximum Gasteiger partial charge on any atom is 0.279 e. The summed E-state index contributed by atoms with van der Waals surface area (Å²) >= 11 is 5.97. The monoisotopic (exact) mass is 264 g/mol. The molecule has 17 heavy (non-hydrogen) atoms. The molecule has 0 aliphatic heterocycles. The Labute approximate surface area is 104 Å². The largest absolute Gasteiger partial charge is 0.496 e. The number of aliphatic hydroxyl groups excluding tert-OH is 1. The molecule has 1 N–H and O–H groups in total. The second-order valence-electron chi connectivity index (χ2n) is 3.89. The molecule has 0 amide bonds. The minimum atomic E-state index is -3.15. The highest BCUT2D eigenvalue weighted by Crippen LogP contribution is 2.43. The van der Waals surface area contributed by atoms with E-state index in [2.05, 4.69) is 0 Å². The summed E-state index contributed by atoms with van der Waals surface area (Å²) in [4.78, 5) is 0. The number of halogens is 3. The molecule has 0 saturated heterocycles. The van der Waals surface area contributed by atoms with Gasteiger partial charge < -0.3 is 9.84 Å². The minimum absolute atomic E-state index is 0.0999. The lowest BCUT2D eigenvalue weighted by atomic mass is 9.97. The molecule has 0 atom stereocenters. The highest BCUT2D eigenvalue weighted by atomic mass is 35.5. The van der Waals surface area contributed by atoms with E-state index in [1.807, 2.05) is 0 Å². The molecule has 1 aromatic carbocycles.